The van der Waals surface area contributed by atoms with Gasteiger partial charge in [-0.05, 0) is 30.7 Å². The second-order valence-corrected chi connectivity index (χ2v) is 6.71. The Balaban J connectivity index is 1.47. The Hall–Kier alpha value is -2.54. The van der Waals surface area contributed by atoms with Gasteiger partial charge in [-0.1, -0.05) is 30.0 Å². The van der Waals surface area contributed by atoms with E-state index >= 15 is 0 Å². The third kappa shape index (κ3) is 2.94. The number of hydrogen-bond donors (Lipinski definition) is 0. The second kappa shape index (κ2) is 6.52. The Labute approximate surface area is 143 Å². The average Bonchev–Trinajstić information content (AvgIpc) is 3.34. The number of para-hydroxylation sites is 1. The molecular formula is C17H16N4O2S. The summed E-state index contributed by atoms with van der Waals surface area (Å²) < 4.78 is 7.27. The highest BCUT2D eigenvalue weighted by molar-refractivity contribution is 8.00. The monoisotopic (exact) mass is 340 g/mol. The summed E-state index contributed by atoms with van der Waals surface area (Å²) in [6.45, 7) is 1.29. The maximum atomic E-state index is 12.7. The lowest BCUT2D eigenvalue weighted by Crippen LogP contribution is -2.28. The zero-order chi connectivity index (χ0) is 16.4. The Kier molecular flexibility index (Phi) is 4.08. The molecule has 0 N–H and O–H groups in total. The summed E-state index contributed by atoms with van der Waals surface area (Å²) in [5.74, 6) is 0.957. The standard InChI is InChI=1S/C17H16N4O2S/c22-16-15(8-9-21(16)13-5-2-1-3-6-13)24-17-19-18-12-20(17)11-14-7-4-10-23-14/h1-7,10,12,15H,8-9,11H2/t15-/m0/s1. The molecule has 6 nitrogen and oxygen atoms in total. The molecule has 0 radical (unpaired) electrons. The van der Waals surface area contributed by atoms with Gasteiger partial charge in [-0.3, -0.25) is 4.79 Å². The minimum Gasteiger partial charge on any atom is -0.467 e. The van der Waals surface area contributed by atoms with Crippen LogP contribution in [0.25, 0.3) is 0 Å². The number of benzene rings is 1. The van der Waals surface area contributed by atoms with E-state index < -0.39 is 0 Å². The first kappa shape index (κ1) is 15.0. The number of rotatable bonds is 5. The first-order valence-corrected chi connectivity index (χ1v) is 8.62. The zero-order valence-electron chi connectivity index (χ0n) is 12.9. The van der Waals surface area contributed by atoms with E-state index in [2.05, 4.69) is 10.2 Å². The number of amides is 1. The molecule has 1 aliphatic heterocycles. The molecule has 2 aromatic heterocycles. The van der Waals surface area contributed by atoms with Gasteiger partial charge >= 0.3 is 0 Å². The smallest absolute Gasteiger partial charge is 0.240 e. The first-order valence-electron chi connectivity index (χ1n) is 7.74. The van der Waals surface area contributed by atoms with Crippen molar-refractivity contribution in [1.29, 1.82) is 0 Å². The molecule has 1 aromatic carbocycles. The predicted octanol–water partition coefficient (Wildman–Crippen LogP) is 2.82. The molecule has 3 heterocycles. The van der Waals surface area contributed by atoms with Crippen molar-refractivity contribution >= 4 is 23.4 Å². The van der Waals surface area contributed by atoms with Crippen LogP contribution < -0.4 is 4.90 Å². The van der Waals surface area contributed by atoms with Gasteiger partial charge in [0, 0.05) is 12.2 Å². The highest BCUT2D eigenvalue weighted by Crippen LogP contribution is 2.32. The van der Waals surface area contributed by atoms with Crippen molar-refractivity contribution in [3.8, 4) is 0 Å². The maximum Gasteiger partial charge on any atom is 0.240 e. The molecule has 24 heavy (non-hydrogen) atoms. The van der Waals surface area contributed by atoms with Gasteiger partial charge in [0.25, 0.3) is 0 Å². The lowest BCUT2D eigenvalue weighted by atomic mass is 10.3. The number of furan rings is 1. The van der Waals surface area contributed by atoms with E-state index in [1.807, 2.05) is 51.9 Å². The Morgan fingerprint density at radius 3 is 2.88 bits per heavy atom. The first-order chi connectivity index (χ1) is 11.8. The molecule has 1 saturated heterocycles. The van der Waals surface area contributed by atoms with Crippen LogP contribution in [0.1, 0.15) is 12.2 Å². The van der Waals surface area contributed by atoms with Crippen molar-refractivity contribution in [3.05, 3.63) is 60.8 Å². The van der Waals surface area contributed by atoms with Gasteiger partial charge in [0.15, 0.2) is 5.16 Å². The van der Waals surface area contributed by atoms with Crippen molar-refractivity contribution in [3.63, 3.8) is 0 Å². The maximum absolute atomic E-state index is 12.7. The van der Waals surface area contributed by atoms with Crippen LogP contribution in [-0.2, 0) is 11.3 Å². The molecule has 0 bridgehead atoms. The van der Waals surface area contributed by atoms with Crippen LogP contribution in [0.15, 0.2) is 64.6 Å². The van der Waals surface area contributed by atoms with Crippen molar-refractivity contribution in [2.75, 3.05) is 11.4 Å². The summed E-state index contributed by atoms with van der Waals surface area (Å²) >= 11 is 1.47. The van der Waals surface area contributed by atoms with E-state index in [1.165, 1.54) is 11.8 Å². The van der Waals surface area contributed by atoms with Crippen LogP contribution in [0.3, 0.4) is 0 Å². The lowest BCUT2D eigenvalue weighted by molar-refractivity contribution is -0.116. The minimum absolute atomic E-state index is 0.124. The average molecular weight is 340 g/mol. The minimum atomic E-state index is -0.134. The summed E-state index contributed by atoms with van der Waals surface area (Å²) in [5, 5.41) is 8.73. The van der Waals surface area contributed by atoms with E-state index in [1.54, 1.807) is 12.6 Å². The van der Waals surface area contributed by atoms with E-state index in [-0.39, 0.29) is 11.2 Å². The fourth-order valence-corrected chi connectivity index (χ4v) is 3.82. The molecule has 0 aliphatic carbocycles. The van der Waals surface area contributed by atoms with Crippen LogP contribution in [-0.4, -0.2) is 32.5 Å². The summed E-state index contributed by atoms with van der Waals surface area (Å²) in [6, 6.07) is 13.5. The van der Waals surface area contributed by atoms with E-state index in [9.17, 15) is 4.79 Å². The summed E-state index contributed by atoms with van der Waals surface area (Å²) in [4.78, 5) is 14.5. The predicted molar refractivity (Wildman–Crippen MR) is 90.9 cm³/mol. The molecule has 1 fully saturated rings. The van der Waals surface area contributed by atoms with Gasteiger partial charge in [-0.2, -0.15) is 0 Å². The highest BCUT2D eigenvalue weighted by Gasteiger charge is 2.34. The zero-order valence-corrected chi connectivity index (χ0v) is 13.7. The Morgan fingerprint density at radius 1 is 1.21 bits per heavy atom. The SMILES string of the molecule is O=C1[C@@H](Sc2nncn2Cc2ccco2)CCN1c1ccccc1. The number of thioether (sulfide) groups is 1. The summed E-state index contributed by atoms with van der Waals surface area (Å²) in [5.41, 5.74) is 0.947. The third-order valence-electron chi connectivity index (χ3n) is 3.96. The molecule has 122 valence electrons. The van der Waals surface area contributed by atoms with Gasteiger partial charge < -0.3 is 13.9 Å². The Morgan fingerprint density at radius 2 is 2.08 bits per heavy atom. The van der Waals surface area contributed by atoms with Crippen LogP contribution in [0, 0.1) is 0 Å². The third-order valence-corrected chi connectivity index (χ3v) is 5.21. The number of nitrogens with zero attached hydrogens (tertiary/aromatic N) is 4. The molecule has 3 aromatic rings. The van der Waals surface area contributed by atoms with Gasteiger partial charge in [0.1, 0.15) is 12.1 Å². The molecule has 0 saturated carbocycles. The normalized spacial score (nSPS) is 17.6. The van der Waals surface area contributed by atoms with E-state index in [0.717, 1.165) is 29.6 Å². The fraction of sp³-hybridized carbons (Fsp3) is 0.235. The number of aromatic nitrogens is 3. The molecule has 1 atom stereocenters. The van der Waals surface area contributed by atoms with Crippen molar-refractivity contribution in [2.24, 2.45) is 0 Å². The van der Waals surface area contributed by atoms with Crippen LogP contribution in [0.5, 0.6) is 0 Å². The van der Waals surface area contributed by atoms with Crippen LogP contribution >= 0.6 is 11.8 Å². The molecule has 0 spiro atoms. The van der Waals surface area contributed by atoms with Crippen molar-refractivity contribution < 1.29 is 9.21 Å². The van der Waals surface area contributed by atoms with E-state index in [4.69, 9.17) is 4.42 Å². The van der Waals surface area contributed by atoms with Gasteiger partial charge in [0.05, 0.1) is 18.1 Å². The van der Waals surface area contributed by atoms with Crippen LogP contribution in [0.4, 0.5) is 5.69 Å². The molecule has 7 heteroatoms. The van der Waals surface area contributed by atoms with E-state index in [0.29, 0.717) is 6.54 Å². The largest absolute Gasteiger partial charge is 0.467 e. The van der Waals surface area contributed by atoms with Gasteiger partial charge in [0.2, 0.25) is 5.91 Å². The fourth-order valence-electron chi connectivity index (χ4n) is 2.77. The molecular weight excluding hydrogens is 324 g/mol. The van der Waals surface area contributed by atoms with Crippen LogP contribution in [0.2, 0.25) is 0 Å². The molecule has 1 amide bonds. The quantitative estimate of drug-likeness (QED) is 0.715. The van der Waals surface area contributed by atoms with Crippen molar-refractivity contribution in [2.45, 2.75) is 23.4 Å². The highest BCUT2D eigenvalue weighted by atomic mass is 32.2. The topological polar surface area (TPSA) is 64.2 Å². The van der Waals surface area contributed by atoms with Gasteiger partial charge in [-0.25, -0.2) is 0 Å². The number of carbonyl (C=O) groups is 1. The van der Waals surface area contributed by atoms with Crippen molar-refractivity contribution in [1.82, 2.24) is 14.8 Å². The summed E-state index contributed by atoms with van der Waals surface area (Å²) in [6.07, 6.45) is 4.11. The molecule has 4 rings (SSSR count). The molecule has 1 aliphatic rings. The summed E-state index contributed by atoms with van der Waals surface area (Å²) in [7, 11) is 0. The molecule has 0 unspecified atom stereocenters. The number of carbonyl (C=O) groups excluding carboxylic acids is 1. The Bertz CT molecular complexity index is 816. The second-order valence-electron chi connectivity index (χ2n) is 5.54. The number of hydrogen-bond acceptors (Lipinski definition) is 5. The van der Waals surface area contributed by atoms with Gasteiger partial charge in [-0.15, -0.1) is 10.2 Å². The number of anilines is 1. The lowest BCUT2D eigenvalue weighted by Gasteiger charge is -2.16.